The molecule has 0 spiro atoms. The number of sulfonamides is 1. The molecule has 25 heavy (non-hydrogen) atoms. The molecule has 134 valence electrons. The largest absolute Gasteiger partial charge is 0.417 e. The van der Waals surface area contributed by atoms with Gasteiger partial charge >= 0.3 is 6.18 Å². The minimum atomic E-state index is -4.77. The molecule has 3 rings (SSSR count). The van der Waals surface area contributed by atoms with Gasteiger partial charge in [0.05, 0.1) is 16.5 Å². The highest BCUT2D eigenvalue weighted by Gasteiger charge is 2.42. The van der Waals surface area contributed by atoms with Gasteiger partial charge in [-0.3, -0.25) is 0 Å². The molecule has 1 fully saturated rings. The van der Waals surface area contributed by atoms with Crippen molar-refractivity contribution < 1.29 is 26.0 Å². The van der Waals surface area contributed by atoms with Gasteiger partial charge in [-0.05, 0) is 42.7 Å². The summed E-state index contributed by atoms with van der Waals surface area (Å²) in [5.74, 6) is -0.460. The van der Waals surface area contributed by atoms with Crippen molar-refractivity contribution in [3.05, 3.63) is 65.5 Å². The lowest BCUT2D eigenvalue weighted by molar-refractivity contribution is -0.139. The second-order valence-electron chi connectivity index (χ2n) is 5.82. The van der Waals surface area contributed by atoms with Gasteiger partial charge in [-0.25, -0.2) is 12.8 Å². The lowest BCUT2D eigenvalue weighted by Gasteiger charge is -2.26. The molecule has 1 heterocycles. The van der Waals surface area contributed by atoms with E-state index in [1.807, 2.05) is 0 Å². The first kappa shape index (κ1) is 17.9. The lowest BCUT2D eigenvalue weighted by Crippen LogP contribution is -2.32. The Bertz CT molecular complexity index is 863. The maximum absolute atomic E-state index is 13.2. The van der Waals surface area contributed by atoms with Crippen LogP contribution in [0.3, 0.4) is 0 Å². The van der Waals surface area contributed by atoms with E-state index in [1.54, 1.807) is 0 Å². The fraction of sp³-hybridized carbons (Fsp3) is 0.294. The van der Waals surface area contributed by atoms with Crippen LogP contribution in [0.1, 0.15) is 30.0 Å². The first-order valence-corrected chi connectivity index (χ1v) is 9.09. The second-order valence-corrected chi connectivity index (χ2v) is 7.68. The molecule has 1 atom stereocenters. The zero-order chi connectivity index (χ0) is 18.2. The number of alkyl halides is 3. The molecule has 0 amide bonds. The molecule has 3 nitrogen and oxygen atoms in total. The van der Waals surface area contributed by atoms with Gasteiger partial charge in [-0.15, -0.1) is 0 Å². The number of nitrogens with zero attached hydrogens (tertiary/aromatic N) is 1. The van der Waals surface area contributed by atoms with Crippen molar-refractivity contribution in [3.63, 3.8) is 0 Å². The van der Waals surface area contributed by atoms with Crippen LogP contribution in [-0.4, -0.2) is 19.3 Å². The van der Waals surface area contributed by atoms with Gasteiger partial charge in [0.15, 0.2) is 0 Å². The van der Waals surface area contributed by atoms with Gasteiger partial charge in [0, 0.05) is 6.54 Å². The SMILES string of the molecule is O=S(=O)(c1ccccc1C(F)(F)F)N1CCCC1c1ccc(F)cc1. The van der Waals surface area contributed by atoms with Gasteiger partial charge in [0.1, 0.15) is 5.82 Å². The smallest absolute Gasteiger partial charge is 0.207 e. The number of rotatable bonds is 3. The molecule has 1 unspecified atom stereocenters. The monoisotopic (exact) mass is 373 g/mol. The van der Waals surface area contributed by atoms with E-state index in [2.05, 4.69) is 0 Å². The topological polar surface area (TPSA) is 37.4 Å². The second kappa shape index (κ2) is 6.42. The molecule has 0 N–H and O–H groups in total. The predicted octanol–water partition coefficient (Wildman–Crippen LogP) is 4.37. The van der Waals surface area contributed by atoms with Crippen molar-refractivity contribution >= 4 is 10.0 Å². The summed E-state index contributed by atoms with van der Waals surface area (Å²) in [7, 11) is -4.34. The highest BCUT2D eigenvalue weighted by Crippen LogP contribution is 2.40. The Morgan fingerprint density at radius 1 is 1.00 bits per heavy atom. The average Bonchev–Trinajstić information content (AvgIpc) is 3.05. The van der Waals surface area contributed by atoms with E-state index in [0.29, 0.717) is 18.4 Å². The van der Waals surface area contributed by atoms with E-state index in [9.17, 15) is 26.0 Å². The molecule has 0 bridgehead atoms. The van der Waals surface area contributed by atoms with E-state index in [0.717, 1.165) is 22.5 Å². The lowest BCUT2D eigenvalue weighted by atomic mass is 10.1. The molecule has 2 aromatic rings. The number of benzene rings is 2. The third kappa shape index (κ3) is 3.41. The Hall–Kier alpha value is -1.93. The third-order valence-electron chi connectivity index (χ3n) is 4.24. The molecule has 0 aromatic heterocycles. The molecular formula is C17H15F4NO2S. The average molecular weight is 373 g/mol. The van der Waals surface area contributed by atoms with Gasteiger partial charge in [0.2, 0.25) is 10.0 Å². The molecule has 8 heteroatoms. The predicted molar refractivity (Wildman–Crippen MR) is 83.7 cm³/mol. The minimum absolute atomic E-state index is 0.122. The Balaban J connectivity index is 2.04. The summed E-state index contributed by atoms with van der Waals surface area (Å²) < 4.78 is 79.6. The summed E-state index contributed by atoms with van der Waals surface area (Å²) in [5, 5.41) is 0. The molecule has 1 aliphatic rings. The normalized spacial score (nSPS) is 19.3. The van der Waals surface area contributed by atoms with Crippen molar-refractivity contribution in [2.45, 2.75) is 30.0 Å². The van der Waals surface area contributed by atoms with Gasteiger partial charge in [0.25, 0.3) is 0 Å². The van der Waals surface area contributed by atoms with E-state index >= 15 is 0 Å². The summed E-state index contributed by atoms with van der Waals surface area (Å²) in [6.07, 6.45) is -3.77. The van der Waals surface area contributed by atoms with Crippen LogP contribution in [0.4, 0.5) is 17.6 Å². The fourth-order valence-electron chi connectivity index (χ4n) is 3.10. The van der Waals surface area contributed by atoms with Crippen LogP contribution in [0.5, 0.6) is 0 Å². The maximum Gasteiger partial charge on any atom is 0.417 e. The molecular weight excluding hydrogens is 358 g/mol. The van der Waals surface area contributed by atoms with Crippen LogP contribution >= 0.6 is 0 Å². The van der Waals surface area contributed by atoms with Gasteiger partial charge < -0.3 is 0 Å². The molecule has 0 saturated carbocycles. The Morgan fingerprint density at radius 2 is 1.64 bits per heavy atom. The summed E-state index contributed by atoms with van der Waals surface area (Å²) in [6, 6.07) is 8.89. The van der Waals surface area contributed by atoms with Gasteiger partial charge in [-0.1, -0.05) is 24.3 Å². The summed E-state index contributed by atoms with van der Waals surface area (Å²) in [6.45, 7) is 0.122. The van der Waals surface area contributed by atoms with Crippen LogP contribution in [0.15, 0.2) is 53.4 Å². The summed E-state index contributed by atoms with van der Waals surface area (Å²) >= 11 is 0. The van der Waals surface area contributed by atoms with E-state index in [4.69, 9.17) is 0 Å². The van der Waals surface area contributed by atoms with Crippen molar-refractivity contribution in [3.8, 4) is 0 Å². The van der Waals surface area contributed by atoms with Crippen LogP contribution in [0.25, 0.3) is 0 Å². The van der Waals surface area contributed by atoms with Crippen LogP contribution in [0, 0.1) is 5.82 Å². The van der Waals surface area contributed by atoms with Crippen molar-refractivity contribution in [1.29, 1.82) is 0 Å². The van der Waals surface area contributed by atoms with Crippen LogP contribution in [-0.2, 0) is 16.2 Å². The Labute approximate surface area is 142 Å². The standard InChI is InChI=1S/C17H15F4NO2S/c18-13-9-7-12(8-10-13)15-5-3-11-22(15)25(23,24)16-6-2-1-4-14(16)17(19,20)21/h1-2,4,6-10,15H,3,5,11H2. The summed E-state index contributed by atoms with van der Waals surface area (Å²) in [4.78, 5) is -0.753. The van der Waals surface area contributed by atoms with Crippen molar-refractivity contribution in [1.82, 2.24) is 4.31 Å². The third-order valence-corrected chi connectivity index (χ3v) is 6.20. The molecule has 0 radical (unpaired) electrons. The first-order valence-electron chi connectivity index (χ1n) is 7.65. The van der Waals surface area contributed by atoms with Crippen molar-refractivity contribution in [2.24, 2.45) is 0 Å². The molecule has 1 aliphatic heterocycles. The van der Waals surface area contributed by atoms with Crippen LogP contribution < -0.4 is 0 Å². The summed E-state index contributed by atoms with van der Waals surface area (Å²) in [5.41, 5.74) is -0.619. The number of hydrogen-bond donors (Lipinski definition) is 0. The number of halogens is 4. The maximum atomic E-state index is 13.2. The van der Waals surface area contributed by atoms with E-state index < -0.39 is 38.5 Å². The van der Waals surface area contributed by atoms with E-state index in [-0.39, 0.29) is 6.54 Å². The molecule has 2 aromatic carbocycles. The molecule has 0 aliphatic carbocycles. The van der Waals surface area contributed by atoms with Crippen molar-refractivity contribution in [2.75, 3.05) is 6.54 Å². The quantitative estimate of drug-likeness (QED) is 0.750. The van der Waals surface area contributed by atoms with Crippen LogP contribution in [0.2, 0.25) is 0 Å². The Kier molecular flexibility index (Phi) is 4.59. The highest BCUT2D eigenvalue weighted by atomic mass is 32.2. The van der Waals surface area contributed by atoms with E-state index in [1.165, 1.54) is 30.3 Å². The fourth-order valence-corrected chi connectivity index (χ4v) is 4.99. The zero-order valence-corrected chi connectivity index (χ0v) is 13.8. The highest BCUT2D eigenvalue weighted by molar-refractivity contribution is 7.89. The Morgan fingerprint density at radius 3 is 2.28 bits per heavy atom. The first-order chi connectivity index (χ1) is 11.7. The number of hydrogen-bond acceptors (Lipinski definition) is 2. The molecule has 1 saturated heterocycles. The zero-order valence-electron chi connectivity index (χ0n) is 13.0. The van der Waals surface area contributed by atoms with Gasteiger partial charge in [-0.2, -0.15) is 17.5 Å². The minimum Gasteiger partial charge on any atom is -0.207 e.